The van der Waals surface area contributed by atoms with Crippen molar-refractivity contribution in [2.24, 2.45) is 0 Å². The van der Waals surface area contributed by atoms with Crippen molar-refractivity contribution >= 4 is 44.6 Å². The van der Waals surface area contributed by atoms with E-state index in [1.807, 2.05) is 6.92 Å². The second kappa shape index (κ2) is 8.63. The van der Waals surface area contributed by atoms with Crippen LogP contribution in [0.2, 0.25) is 5.02 Å². The smallest absolute Gasteiger partial charge is 0.244 e. The minimum atomic E-state index is -3.63. The van der Waals surface area contributed by atoms with E-state index in [1.165, 1.54) is 10.4 Å². The topological polar surface area (TPSA) is 61.4 Å². The van der Waals surface area contributed by atoms with Gasteiger partial charge in [0.05, 0.1) is 5.02 Å². The third-order valence-corrected chi connectivity index (χ3v) is 5.84. The average molecular weight is 376 g/mol. The van der Waals surface area contributed by atoms with Gasteiger partial charge in [-0.2, -0.15) is 4.31 Å². The summed E-state index contributed by atoms with van der Waals surface area (Å²) in [6.07, 6.45) is 0. The molecule has 0 aliphatic heterocycles. The lowest BCUT2D eigenvalue weighted by Crippen LogP contribution is -2.31. The molecule has 0 spiro atoms. The molecule has 0 atom stereocenters. The van der Waals surface area contributed by atoms with Gasteiger partial charge in [-0.05, 0) is 37.3 Å². The summed E-state index contributed by atoms with van der Waals surface area (Å²) in [6, 6.07) is 4.71. The molecule has 1 aromatic rings. The summed E-state index contributed by atoms with van der Waals surface area (Å²) in [6.45, 7) is 10.5. The summed E-state index contributed by atoms with van der Waals surface area (Å²) in [4.78, 5) is 0.0653. The van der Waals surface area contributed by atoms with Gasteiger partial charge >= 0.3 is 0 Å². The van der Waals surface area contributed by atoms with Crippen LogP contribution in [0, 0.1) is 0 Å². The van der Waals surface area contributed by atoms with Crippen LogP contribution >= 0.6 is 23.8 Å². The lowest BCUT2D eigenvalue weighted by Gasteiger charge is -2.20. The first kappa shape index (κ1) is 19.9. The third-order valence-electron chi connectivity index (χ3n) is 3.06. The Morgan fingerprint density at radius 2 is 1.96 bits per heavy atom. The quantitative estimate of drug-likeness (QED) is 0.566. The number of rotatable bonds is 7. The van der Waals surface area contributed by atoms with E-state index in [0.717, 1.165) is 5.57 Å². The van der Waals surface area contributed by atoms with Crippen molar-refractivity contribution in [3.8, 4) is 0 Å². The molecular formula is C15H22ClN3O2S2. The van der Waals surface area contributed by atoms with E-state index in [9.17, 15) is 8.42 Å². The predicted octanol–water partition coefficient (Wildman–Crippen LogP) is 3.23. The van der Waals surface area contributed by atoms with E-state index in [2.05, 4.69) is 17.2 Å². The molecule has 0 radical (unpaired) electrons. The van der Waals surface area contributed by atoms with Crippen LogP contribution in [0.25, 0.3) is 0 Å². The molecule has 0 unspecified atom stereocenters. The van der Waals surface area contributed by atoms with Gasteiger partial charge in [0, 0.05) is 25.3 Å². The van der Waals surface area contributed by atoms with Gasteiger partial charge in [-0.15, -0.1) is 0 Å². The number of hydrogen-bond acceptors (Lipinski definition) is 3. The zero-order chi connectivity index (χ0) is 17.6. The lowest BCUT2D eigenvalue weighted by molar-refractivity contribution is 0.445. The monoisotopic (exact) mass is 375 g/mol. The Kier molecular flexibility index (Phi) is 7.47. The summed E-state index contributed by atoms with van der Waals surface area (Å²) in [5, 5.41) is 6.50. The predicted molar refractivity (Wildman–Crippen MR) is 101 cm³/mol. The molecule has 0 heterocycles. The Bertz CT molecular complexity index is 686. The first-order valence-electron chi connectivity index (χ1n) is 7.21. The number of sulfonamides is 1. The van der Waals surface area contributed by atoms with Crippen LogP contribution in [0.3, 0.4) is 0 Å². The van der Waals surface area contributed by atoms with Gasteiger partial charge in [-0.1, -0.05) is 37.6 Å². The van der Waals surface area contributed by atoms with E-state index in [4.69, 9.17) is 23.8 Å². The van der Waals surface area contributed by atoms with E-state index >= 15 is 0 Å². The Morgan fingerprint density at radius 3 is 2.48 bits per heavy atom. The number of nitrogens with one attached hydrogen (secondary N) is 2. The Hall–Kier alpha value is -1.15. The highest BCUT2D eigenvalue weighted by molar-refractivity contribution is 7.89. The molecule has 0 aromatic heterocycles. The highest BCUT2D eigenvalue weighted by Crippen LogP contribution is 2.27. The normalized spacial score (nSPS) is 11.3. The maximum Gasteiger partial charge on any atom is 0.244 e. The molecule has 1 rings (SSSR count). The fourth-order valence-electron chi connectivity index (χ4n) is 1.89. The van der Waals surface area contributed by atoms with E-state index in [-0.39, 0.29) is 9.92 Å². The molecule has 0 aliphatic carbocycles. The van der Waals surface area contributed by atoms with Crippen LogP contribution in [0.5, 0.6) is 0 Å². The molecule has 2 N–H and O–H groups in total. The number of hydrogen-bond donors (Lipinski definition) is 2. The largest absolute Gasteiger partial charge is 0.359 e. The molecule has 0 bridgehead atoms. The first-order chi connectivity index (χ1) is 10.7. The zero-order valence-electron chi connectivity index (χ0n) is 13.5. The van der Waals surface area contributed by atoms with Crippen LogP contribution < -0.4 is 10.6 Å². The molecule has 0 saturated heterocycles. The number of nitrogens with zero attached hydrogens (tertiary/aromatic N) is 1. The van der Waals surface area contributed by atoms with Gasteiger partial charge in [-0.25, -0.2) is 8.42 Å². The Morgan fingerprint density at radius 1 is 1.35 bits per heavy atom. The van der Waals surface area contributed by atoms with Crippen molar-refractivity contribution in [3.63, 3.8) is 0 Å². The molecule has 0 aliphatic rings. The van der Waals surface area contributed by atoms with E-state index < -0.39 is 10.0 Å². The number of thiocarbonyl (C=S) groups is 1. The minimum absolute atomic E-state index is 0.0653. The van der Waals surface area contributed by atoms with Crippen LogP contribution in [-0.2, 0) is 10.0 Å². The maximum absolute atomic E-state index is 12.6. The van der Waals surface area contributed by atoms with Crippen LogP contribution in [0.4, 0.5) is 5.69 Å². The van der Waals surface area contributed by atoms with Crippen molar-refractivity contribution in [1.29, 1.82) is 0 Å². The van der Waals surface area contributed by atoms with Crippen molar-refractivity contribution in [2.45, 2.75) is 25.7 Å². The molecule has 128 valence electrons. The van der Waals surface area contributed by atoms with Crippen molar-refractivity contribution in [1.82, 2.24) is 9.62 Å². The SMILES string of the molecule is C=C(C)CNC(=S)Nc1ccc(Cl)c(S(=O)(=O)N(CC)CC)c1. The summed E-state index contributed by atoms with van der Waals surface area (Å²) in [5.74, 6) is 0. The van der Waals surface area contributed by atoms with Crippen molar-refractivity contribution in [3.05, 3.63) is 35.4 Å². The highest BCUT2D eigenvalue weighted by Gasteiger charge is 2.24. The Balaban J connectivity index is 3.04. The van der Waals surface area contributed by atoms with Crippen molar-refractivity contribution in [2.75, 3.05) is 25.0 Å². The van der Waals surface area contributed by atoms with Crippen molar-refractivity contribution < 1.29 is 8.42 Å². The van der Waals surface area contributed by atoms with Crippen LogP contribution in [-0.4, -0.2) is 37.5 Å². The number of benzene rings is 1. The highest BCUT2D eigenvalue weighted by atomic mass is 35.5. The summed E-state index contributed by atoms with van der Waals surface area (Å²) < 4.78 is 26.6. The fraction of sp³-hybridized carbons (Fsp3) is 0.400. The minimum Gasteiger partial charge on any atom is -0.359 e. The van der Waals surface area contributed by atoms with Gasteiger partial charge in [0.1, 0.15) is 4.90 Å². The standard InChI is InChI=1S/C15H22ClN3O2S2/c1-5-19(6-2)23(20,21)14-9-12(7-8-13(14)16)18-15(22)17-10-11(3)4/h7-9H,3,5-6,10H2,1-2,4H3,(H2,17,18,22). The molecule has 8 heteroatoms. The molecule has 0 fully saturated rings. The maximum atomic E-state index is 12.6. The second-order valence-electron chi connectivity index (χ2n) is 5.00. The third kappa shape index (κ3) is 5.46. The summed E-state index contributed by atoms with van der Waals surface area (Å²) >= 11 is 11.2. The summed E-state index contributed by atoms with van der Waals surface area (Å²) in [5.41, 5.74) is 1.49. The van der Waals surface area contributed by atoms with E-state index in [0.29, 0.717) is 30.4 Å². The molecule has 0 saturated carbocycles. The molecule has 23 heavy (non-hydrogen) atoms. The van der Waals surface area contributed by atoms with Gasteiger partial charge in [0.25, 0.3) is 0 Å². The molecular weight excluding hydrogens is 354 g/mol. The number of anilines is 1. The fourth-order valence-corrected chi connectivity index (χ4v) is 4.04. The van der Waals surface area contributed by atoms with Gasteiger partial charge in [-0.3, -0.25) is 0 Å². The average Bonchev–Trinajstić information content (AvgIpc) is 2.48. The second-order valence-corrected chi connectivity index (χ2v) is 7.72. The molecule has 5 nitrogen and oxygen atoms in total. The summed E-state index contributed by atoms with van der Waals surface area (Å²) in [7, 11) is -3.63. The van der Waals surface area contributed by atoms with E-state index in [1.54, 1.807) is 26.0 Å². The van der Waals surface area contributed by atoms with Gasteiger partial charge < -0.3 is 10.6 Å². The van der Waals surface area contributed by atoms with Crippen LogP contribution in [0.1, 0.15) is 20.8 Å². The van der Waals surface area contributed by atoms with Gasteiger partial charge in [0.15, 0.2) is 5.11 Å². The van der Waals surface area contributed by atoms with Gasteiger partial charge in [0.2, 0.25) is 10.0 Å². The first-order valence-corrected chi connectivity index (χ1v) is 9.43. The molecule has 1 aromatic carbocycles. The van der Waals surface area contributed by atoms with Crippen LogP contribution in [0.15, 0.2) is 35.2 Å². The zero-order valence-corrected chi connectivity index (χ0v) is 15.9. The lowest BCUT2D eigenvalue weighted by atomic mass is 10.3. The molecule has 0 amide bonds. The number of halogens is 1. The Labute approximate surface area is 148 Å².